The third-order valence-electron chi connectivity index (χ3n) is 7.13. The molecule has 41 heavy (non-hydrogen) atoms. The summed E-state index contributed by atoms with van der Waals surface area (Å²) in [5.41, 5.74) is 4.19. The van der Waals surface area contributed by atoms with Gasteiger partial charge < -0.3 is 4.74 Å². The van der Waals surface area contributed by atoms with Crippen LogP contribution in [0.15, 0.2) is 109 Å². The second kappa shape index (κ2) is 11.7. The Morgan fingerprint density at radius 2 is 1.44 bits per heavy atom. The van der Waals surface area contributed by atoms with Crippen molar-refractivity contribution in [3.05, 3.63) is 143 Å². The van der Waals surface area contributed by atoms with Gasteiger partial charge in [0.05, 0.1) is 22.3 Å². The number of hydrogen-bond acceptors (Lipinski definition) is 5. The Morgan fingerprint density at radius 3 is 2.17 bits per heavy atom. The van der Waals surface area contributed by atoms with Gasteiger partial charge in [0.2, 0.25) is 0 Å². The standard InChI is InChI=1S/C34H27FN2O4/c35-26-17-12-23(13-18-26)6-5-11-32(41-37-33(38)29-8-2-3-9-30(29)34(37)39)25-15-20-28(21-16-25)40-22-27-19-14-24-7-1-4-10-31(24)36-27/h1-4,7-10,12-21,32H,5-6,11,22H2. The quantitative estimate of drug-likeness (QED) is 0.173. The summed E-state index contributed by atoms with van der Waals surface area (Å²) in [6.07, 6.45) is 1.37. The SMILES string of the molecule is O=C1c2ccccc2C(=O)N1OC(CCCc1ccc(F)cc1)c1ccc(OCc2ccc3ccccc3n2)cc1. The van der Waals surface area contributed by atoms with Crippen molar-refractivity contribution in [2.75, 3.05) is 0 Å². The number of aromatic nitrogens is 1. The van der Waals surface area contributed by atoms with Crippen molar-refractivity contribution in [3.63, 3.8) is 0 Å². The van der Waals surface area contributed by atoms with Crippen LogP contribution in [0.5, 0.6) is 5.75 Å². The molecule has 1 aliphatic heterocycles. The lowest BCUT2D eigenvalue weighted by molar-refractivity contribution is -0.137. The number of pyridine rings is 1. The first-order valence-electron chi connectivity index (χ1n) is 13.5. The van der Waals surface area contributed by atoms with Gasteiger partial charge in [0, 0.05) is 5.39 Å². The van der Waals surface area contributed by atoms with Gasteiger partial charge in [-0.05, 0) is 78.9 Å². The summed E-state index contributed by atoms with van der Waals surface area (Å²) < 4.78 is 19.3. The first-order valence-corrected chi connectivity index (χ1v) is 13.5. The van der Waals surface area contributed by atoms with E-state index in [0.29, 0.717) is 42.7 Å². The Hall–Kier alpha value is -4.88. The molecule has 2 heterocycles. The van der Waals surface area contributed by atoms with Gasteiger partial charge in [-0.3, -0.25) is 14.4 Å². The molecule has 1 aliphatic rings. The molecule has 0 radical (unpaired) electrons. The predicted octanol–water partition coefficient (Wildman–Crippen LogP) is 7.24. The fourth-order valence-electron chi connectivity index (χ4n) is 4.94. The van der Waals surface area contributed by atoms with E-state index < -0.39 is 17.9 Å². The van der Waals surface area contributed by atoms with E-state index >= 15 is 0 Å². The highest BCUT2D eigenvalue weighted by molar-refractivity contribution is 6.20. The molecule has 0 saturated carbocycles. The molecule has 1 unspecified atom stereocenters. The lowest BCUT2D eigenvalue weighted by atomic mass is 10.0. The number of carbonyl (C=O) groups excluding carboxylic acids is 2. The third kappa shape index (κ3) is 5.85. The average molecular weight is 547 g/mol. The number of nitrogens with zero attached hydrogens (tertiary/aromatic N) is 2. The van der Waals surface area contributed by atoms with Crippen molar-refractivity contribution in [2.45, 2.75) is 32.0 Å². The van der Waals surface area contributed by atoms with Crippen LogP contribution in [0.2, 0.25) is 0 Å². The number of fused-ring (bicyclic) bond motifs is 2. The van der Waals surface area contributed by atoms with E-state index in [4.69, 9.17) is 9.57 Å². The maximum Gasteiger partial charge on any atom is 0.285 e. The number of hydroxylamine groups is 2. The normalized spacial score (nSPS) is 13.4. The van der Waals surface area contributed by atoms with Crippen molar-refractivity contribution in [3.8, 4) is 5.75 Å². The van der Waals surface area contributed by atoms with Crippen LogP contribution < -0.4 is 4.74 Å². The van der Waals surface area contributed by atoms with Gasteiger partial charge in [-0.1, -0.05) is 60.7 Å². The largest absolute Gasteiger partial charge is 0.487 e. The number of imide groups is 1. The lowest BCUT2D eigenvalue weighted by Crippen LogP contribution is -2.31. The molecule has 0 aliphatic carbocycles. The molecule has 1 atom stereocenters. The van der Waals surface area contributed by atoms with E-state index in [2.05, 4.69) is 4.98 Å². The number of benzene rings is 4. The molecule has 6 rings (SSSR count). The number of hydrogen-bond donors (Lipinski definition) is 0. The zero-order valence-corrected chi connectivity index (χ0v) is 22.2. The number of aryl methyl sites for hydroxylation is 1. The summed E-state index contributed by atoms with van der Waals surface area (Å²) >= 11 is 0. The van der Waals surface area contributed by atoms with Crippen molar-refractivity contribution >= 4 is 22.7 Å². The van der Waals surface area contributed by atoms with Gasteiger partial charge in [-0.2, -0.15) is 0 Å². The fraction of sp³-hybridized carbons (Fsp3) is 0.147. The molecule has 0 N–H and O–H groups in total. The minimum atomic E-state index is -0.561. The minimum absolute atomic E-state index is 0.278. The summed E-state index contributed by atoms with van der Waals surface area (Å²) in [6, 6.07) is 32.4. The molecule has 6 nitrogen and oxygen atoms in total. The maximum absolute atomic E-state index is 13.3. The maximum atomic E-state index is 13.3. The van der Waals surface area contributed by atoms with E-state index in [9.17, 15) is 14.0 Å². The van der Waals surface area contributed by atoms with Crippen LogP contribution in [0.25, 0.3) is 10.9 Å². The van der Waals surface area contributed by atoms with E-state index in [1.54, 1.807) is 36.4 Å². The van der Waals surface area contributed by atoms with Crippen molar-refractivity contribution in [1.82, 2.24) is 10.0 Å². The van der Waals surface area contributed by atoms with Gasteiger partial charge in [0.1, 0.15) is 24.3 Å². The molecular formula is C34H27FN2O4. The highest BCUT2D eigenvalue weighted by Crippen LogP contribution is 2.31. The third-order valence-corrected chi connectivity index (χ3v) is 7.13. The van der Waals surface area contributed by atoms with Gasteiger partial charge in [0.25, 0.3) is 11.8 Å². The molecule has 1 aromatic heterocycles. The summed E-state index contributed by atoms with van der Waals surface area (Å²) in [5.74, 6) is -0.567. The fourth-order valence-corrected chi connectivity index (χ4v) is 4.94. The summed E-state index contributed by atoms with van der Waals surface area (Å²) in [7, 11) is 0. The van der Waals surface area contributed by atoms with E-state index in [1.165, 1.54) is 12.1 Å². The van der Waals surface area contributed by atoms with Crippen molar-refractivity contribution in [2.24, 2.45) is 0 Å². The van der Waals surface area contributed by atoms with Crippen LogP contribution in [0.1, 0.15) is 56.5 Å². The van der Waals surface area contributed by atoms with Crippen LogP contribution in [0.4, 0.5) is 4.39 Å². The van der Waals surface area contributed by atoms with Gasteiger partial charge in [-0.15, -0.1) is 5.06 Å². The number of rotatable bonds is 10. The first kappa shape index (κ1) is 26.3. The van der Waals surface area contributed by atoms with E-state index in [0.717, 1.165) is 32.8 Å². The van der Waals surface area contributed by atoms with Crippen LogP contribution >= 0.6 is 0 Å². The van der Waals surface area contributed by atoms with Crippen molar-refractivity contribution in [1.29, 1.82) is 0 Å². The zero-order chi connectivity index (χ0) is 28.2. The Balaban J connectivity index is 1.16. The average Bonchev–Trinajstić information content (AvgIpc) is 3.25. The summed E-state index contributed by atoms with van der Waals surface area (Å²) in [4.78, 5) is 36.7. The Labute approximate surface area is 236 Å². The molecule has 2 amide bonds. The monoisotopic (exact) mass is 546 g/mol. The molecule has 4 aromatic carbocycles. The molecule has 0 bridgehead atoms. The molecule has 204 valence electrons. The second-order valence-corrected chi connectivity index (χ2v) is 9.92. The molecule has 7 heteroatoms. The number of para-hydroxylation sites is 1. The highest BCUT2D eigenvalue weighted by Gasteiger charge is 2.38. The van der Waals surface area contributed by atoms with E-state index in [-0.39, 0.29) is 5.82 Å². The zero-order valence-electron chi connectivity index (χ0n) is 22.2. The van der Waals surface area contributed by atoms with Crippen LogP contribution in [0, 0.1) is 5.82 Å². The predicted molar refractivity (Wildman–Crippen MR) is 153 cm³/mol. The van der Waals surface area contributed by atoms with Gasteiger partial charge >= 0.3 is 0 Å². The smallest absolute Gasteiger partial charge is 0.285 e. The molecule has 0 fully saturated rings. The Kier molecular flexibility index (Phi) is 7.52. The summed E-state index contributed by atoms with van der Waals surface area (Å²) in [5, 5.41) is 1.94. The molecule has 0 saturated heterocycles. The number of ether oxygens (including phenoxy) is 1. The second-order valence-electron chi connectivity index (χ2n) is 9.92. The number of halogens is 1. The van der Waals surface area contributed by atoms with Gasteiger partial charge in [-0.25, -0.2) is 9.37 Å². The highest BCUT2D eigenvalue weighted by atomic mass is 19.1. The van der Waals surface area contributed by atoms with Crippen LogP contribution in [0.3, 0.4) is 0 Å². The first-order chi connectivity index (χ1) is 20.0. The lowest BCUT2D eigenvalue weighted by Gasteiger charge is -2.23. The van der Waals surface area contributed by atoms with Crippen LogP contribution in [-0.2, 0) is 17.9 Å². The van der Waals surface area contributed by atoms with E-state index in [1.807, 2.05) is 60.7 Å². The number of carbonyl (C=O) groups is 2. The minimum Gasteiger partial charge on any atom is -0.487 e. The summed E-state index contributed by atoms with van der Waals surface area (Å²) in [6.45, 7) is 0.316. The number of amides is 2. The van der Waals surface area contributed by atoms with Crippen LogP contribution in [-0.4, -0.2) is 21.9 Å². The Morgan fingerprint density at radius 1 is 0.756 bits per heavy atom. The molecular weight excluding hydrogens is 519 g/mol. The Bertz CT molecular complexity index is 1670. The molecule has 0 spiro atoms. The van der Waals surface area contributed by atoms with Gasteiger partial charge in [0.15, 0.2) is 0 Å². The van der Waals surface area contributed by atoms with Crippen molar-refractivity contribution < 1.29 is 23.6 Å². The topological polar surface area (TPSA) is 68.7 Å². The molecule has 5 aromatic rings.